The van der Waals surface area contributed by atoms with Crippen LogP contribution in [0.3, 0.4) is 0 Å². The van der Waals surface area contributed by atoms with Crippen molar-refractivity contribution < 1.29 is 14.7 Å². The lowest BCUT2D eigenvalue weighted by Gasteiger charge is -2.40. The molecule has 0 aromatic rings. The summed E-state index contributed by atoms with van der Waals surface area (Å²) >= 11 is 2.20. The first-order valence-electron chi connectivity index (χ1n) is 5.71. The van der Waals surface area contributed by atoms with Crippen molar-refractivity contribution in [1.82, 2.24) is 4.90 Å². The van der Waals surface area contributed by atoms with E-state index in [2.05, 4.69) is 22.6 Å². The Balaban J connectivity index is 3.15. The van der Waals surface area contributed by atoms with Crippen molar-refractivity contribution in [2.75, 3.05) is 18.5 Å². The van der Waals surface area contributed by atoms with Gasteiger partial charge in [0, 0.05) is 29.9 Å². The van der Waals surface area contributed by atoms with Crippen molar-refractivity contribution in [3.05, 3.63) is 0 Å². The Morgan fingerprint density at radius 3 is 2.29 bits per heavy atom. The summed E-state index contributed by atoms with van der Waals surface area (Å²) in [6.45, 7) is 3.71. The molecule has 5 heteroatoms. The first kappa shape index (κ1) is 14.7. The molecule has 1 amide bonds. The molecule has 1 saturated carbocycles. The molecule has 1 N–H and O–H groups in total. The highest BCUT2D eigenvalue weighted by Gasteiger charge is 2.60. The minimum absolute atomic E-state index is 0.0501. The van der Waals surface area contributed by atoms with Gasteiger partial charge in [-0.3, -0.25) is 9.59 Å². The minimum Gasteiger partial charge on any atom is -0.481 e. The van der Waals surface area contributed by atoms with Crippen LogP contribution >= 0.6 is 22.6 Å². The number of amides is 1. The molecule has 1 fully saturated rings. The van der Waals surface area contributed by atoms with Crippen molar-refractivity contribution >= 4 is 34.5 Å². The zero-order chi connectivity index (χ0) is 13.4. The van der Waals surface area contributed by atoms with Crippen LogP contribution in [-0.2, 0) is 9.59 Å². The van der Waals surface area contributed by atoms with Crippen LogP contribution in [-0.4, -0.2) is 40.4 Å². The third-order valence-corrected chi connectivity index (χ3v) is 6.04. The van der Waals surface area contributed by atoms with Crippen molar-refractivity contribution in [1.29, 1.82) is 0 Å². The number of hydrogen-bond donors (Lipinski definition) is 1. The Morgan fingerprint density at radius 1 is 1.41 bits per heavy atom. The van der Waals surface area contributed by atoms with Gasteiger partial charge in [0.05, 0.1) is 5.41 Å². The number of carboxylic acid groups (broad SMARTS) is 1. The molecule has 1 rings (SSSR count). The Bertz CT molecular complexity index is 345. The molecule has 98 valence electrons. The van der Waals surface area contributed by atoms with Gasteiger partial charge in [-0.2, -0.15) is 0 Å². The van der Waals surface area contributed by atoms with E-state index in [9.17, 15) is 14.7 Å². The van der Waals surface area contributed by atoms with E-state index >= 15 is 0 Å². The van der Waals surface area contributed by atoms with E-state index < -0.39 is 16.8 Å². The van der Waals surface area contributed by atoms with E-state index in [1.54, 1.807) is 25.9 Å². The van der Waals surface area contributed by atoms with Crippen LogP contribution in [0, 0.1) is 16.7 Å². The van der Waals surface area contributed by atoms with Gasteiger partial charge < -0.3 is 10.0 Å². The van der Waals surface area contributed by atoms with Crippen LogP contribution in [0.25, 0.3) is 0 Å². The SMILES string of the molecule is CN(C)C(=O)C1CCC(C)(C(=O)O)C1(C)CI. The number of carboxylic acids is 1. The summed E-state index contributed by atoms with van der Waals surface area (Å²) in [5.41, 5.74) is -1.27. The highest BCUT2D eigenvalue weighted by atomic mass is 127. The lowest BCUT2D eigenvalue weighted by molar-refractivity contribution is -0.155. The average Bonchev–Trinajstić information content (AvgIpc) is 2.53. The van der Waals surface area contributed by atoms with Gasteiger partial charge in [-0.15, -0.1) is 0 Å². The first-order valence-corrected chi connectivity index (χ1v) is 7.24. The van der Waals surface area contributed by atoms with Crippen LogP contribution in [0.5, 0.6) is 0 Å². The molecular formula is C12H20INO3. The Hall–Kier alpha value is -0.330. The third kappa shape index (κ3) is 2.06. The topological polar surface area (TPSA) is 57.6 Å². The number of nitrogens with zero attached hydrogens (tertiary/aromatic N) is 1. The molecule has 3 atom stereocenters. The van der Waals surface area contributed by atoms with Crippen LogP contribution in [0.4, 0.5) is 0 Å². The molecule has 0 radical (unpaired) electrons. The maximum absolute atomic E-state index is 12.2. The Morgan fingerprint density at radius 2 is 1.94 bits per heavy atom. The minimum atomic E-state index is -0.801. The molecule has 1 aliphatic rings. The van der Waals surface area contributed by atoms with Crippen molar-refractivity contribution in [3.8, 4) is 0 Å². The largest absolute Gasteiger partial charge is 0.481 e. The van der Waals surface area contributed by atoms with Crippen LogP contribution < -0.4 is 0 Å². The fourth-order valence-corrected chi connectivity index (χ4v) is 4.09. The predicted octanol–water partition coefficient (Wildman–Crippen LogP) is 2.02. The summed E-state index contributed by atoms with van der Waals surface area (Å²) in [6.07, 6.45) is 1.24. The van der Waals surface area contributed by atoms with E-state index in [-0.39, 0.29) is 11.8 Å². The zero-order valence-electron chi connectivity index (χ0n) is 10.8. The normalized spacial score (nSPS) is 36.9. The Labute approximate surface area is 116 Å². The first-order chi connectivity index (χ1) is 7.70. The standard InChI is InChI=1S/C12H20INO3/c1-11(10(16)17)6-5-8(9(15)14(3)4)12(11,2)7-13/h8H,5-7H2,1-4H3,(H,16,17). The van der Waals surface area contributed by atoms with Gasteiger partial charge in [0.25, 0.3) is 0 Å². The summed E-state index contributed by atoms with van der Waals surface area (Å²) in [7, 11) is 3.46. The van der Waals surface area contributed by atoms with Gasteiger partial charge in [0.15, 0.2) is 0 Å². The summed E-state index contributed by atoms with van der Waals surface area (Å²) in [5, 5.41) is 9.45. The maximum atomic E-state index is 12.2. The highest BCUT2D eigenvalue weighted by Crippen LogP contribution is 2.57. The monoisotopic (exact) mass is 353 g/mol. The lowest BCUT2D eigenvalue weighted by Crippen LogP contribution is -2.48. The van der Waals surface area contributed by atoms with Gasteiger partial charge in [0.1, 0.15) is 0 Å². The number of hydrogen-bond acceptors (Lipinski definition) is 2. The van der Waals surface area contributed by atoms with Crippen LogP contribution in [0.15, 0.2) is 0 Å². The van der Waals surface area contributed by atoms with E-state index in [1.807, 2.05) is 6.92 Å². The molecule has 0 saturated heterocycles. The second kappa shape index (κ2) is 4.74. The van der Waals surface area contributed by atoms with E-state index in [1.165, 1.54) is 0 Å². The Kier molecular flexibility index (Phi) is 4.11. The number of alkyl halides is 1. The second-order valence-electron chi connectivity index (χ2n) is 5.51. The fraction of sp³-hybridized carbons (Fsp3) is 0.833. The number of rotatable bonds is 3. The van der Waals surface area contributed by atoms with Gasteiger partial charge in [0.2, 0.25) is 5.91 Å². The third-order valence-electron chi connectivity index (χ3n) is 4.45. The molecule has 4 nitrogen and oxygen atoms in total. The molecule has 0 heterocycles. The average molecular weight is 353 g/mol. The van der Waals surface area contributed by atoms with Gasteiger partial charge in [-0.1, -0.05) is 29.5 Å². The summed E-state index contributed by atoms with van der Waals surface area (Å²) in [6, 6.07) is 0. The predicted molar refractivity (Wildman–Crippen MR) is 74.2 cm³/mol. The van der Waals surface area contributed by atoms with Gasteiger partial charge in [-0.25, -0.2) is 0 Å². The summed E-state index contributed by atoms with van der Waals surface area (Å²) in [5.74, 6) is -0.921. The molecule has 17 heavy (non-hydrogen) atoms. The number of halogens is 1. The van der Waals surface area contributed by atoms with E-state index in [0.29, 0.717) is 17.3 Å². The molecule has 0 aromatic heterocycles. The maximum Gasteiger partial charge on any atom is 0.309 e. The number of aliphatic carboxylic acids is 1. The van der Waals surface area contributed by atoms with Gasteiger partial charge >= 0.3 is 5.97 Å². The molecule has 1 aliphatic carbocycles. The molecule has 0 spiro atoms. The molecule has 3 unspecified atom stereocenters. The van der Waals surface area contributed by atoms with E-state index in [4.69, 9.17) is 0 Å². The van der Waals surface area contributed by atoms with Crippen molar-refractivity contribution in [2.24, 2.45) is 16.7 Å². The molecule has 0 aliphatic heterocycles. The van der Waals surface area contributed by atoms with Gasteiger partial charge in [-0.05, 0) is 19.8 Å². The second-order valence-corrected chi connectivity index (χ2v) is 6.28. The zero-order valence-corrected chi connectivity index (χ0v) is 12.9. The quantitative estimate of drug-likeness (QED) is 0.624. The molecule has 0 bridgehead atoms. The van der Waals surface area contributed by atoms with Crippen molar-refractivity contribution in [3.63, 3.8) is 0 Å². The number of carbonyl (C=O) groups is 2. The fourth-order valence-electron chi connectivity index (χ4n) is 2.72. The summed E-state index contributed by atoms with van der Waals surface area (Å²) < 4.78 is 0.678. The van der Waals surface area contributed by atoms with E-state index in [0.717, 1.165) is 0 Å². The van der Waals surface area contributed by atoms with Crippen LogP contribution in [0.2, 0.25) is 0 Å². The smallest absolute Gasteiger partial charge is 0.309 e. The van der Waals surface area contributed by atoms with Crippen molar-refractivity contribution in [2.45, 2.75) is 26.7 Å². The van der Waals surface area contributed by atoms with Crippen LogP contribution in [0.1, 0.15) is 26.7 Å². The number of carbonyl (C=O) groups excluding carboxylic acids is 1. The summed E-state index contributed by atoms with van der Waals surface area (Å²) in [4.78, 5) is 25.2. The highest BCUT2D eigenvalue weighted by molar-refractivity contribution is 14.1. The lowest BCUT2D eigenvalue weighted by atomic mass is 9.65. The molecule has 0 aromatic carbocycles. The molecular weight excluding hydrogens is 333 g/mol.